The summed E-state index contributed by atoms with van der Waals surface area (Å²) in [5.41, 5.74) is 4.18. The summed E-state index contributed by atoms with van der Waals surface area (Å²) in [5.74, 6) is 0.00417. The molecular weight excluding hydrogens is 224 g/mol. The molecule has 96 valence electrons. The first-order valence-corrected chi connectivity index (χ1v) is 6.42. The first kappa shape index (κ1) is 12.7. The number of hydrogen-bond donors (Lipinski definition) is 2. The second-order valence-corrected chi connectivity index (χ2v) is 4.92. The van der Waals surface area contributed by atoms with E-state index in [9.17, 15) is 4.79 Å². The average Bonchev–Trinajstić information content (AvgIpc) is 2.64. The SMILES string of the molecule is CC[C@H](C)NC(=O)c1ccc2[nH]c(C)c(C)c2c1. The van der Waals surface area contributed by atoms with E-state index in [0.717, 1.165) is 28.6 Å². The van der Waals surface area contributed by atoms with Gasteiger partial charge >= 0.3 is 0 Å². The largest absolute Gasteiger partial charge is 0.358 e. The lowest BCUT2D eigenvalue weighted by molar-refractivity contribution is 0.0939. The molecule has 1 atom stereocenters. The van der Waals surface area contributed by atoms with Gasteiger partial charge in [0.2, 0.25) is 0 Å². The lowest BCUT2D eigenvalue weighted by atomic mass is 10.1. The third-order valence-corrected chi connectivity index (χ3v) is 3.56. The molecule has 0 bridgehead atoms. The molecule has 0 spiro atoms. The highest BCUT2D eigenvalue weighted by Gasteiger charge is 2.11. The van der Waals surface area contributed by atoms with Crippen molar-refractivity contribution in [2.75, 3.05) is 0 Å². The predicted molar refractivity (Wildman–Crippen MR) is 75.0 cm³/mol. The van der Waals surface area contributed by atoms with Crippen molar-refractivity contribution < 1.29 is 4.79 Å². The van der Waals surface area contributed by atoms with Gasteiger partial charge in [-0.25, -0.2) is 0 Å². The van der Waals surface area contributed by atoms with Gasteiger partial charge in [0, 0.05) is 28.2 Å². The molecule has 0 aliphatic rings. The van der Waals surface area contributed by atoms with Gasteiger partial charge in [-0.15, -0.1) is 0 Å². The molecule has 2 rings (SSSR count). The Hall–Kier alpha value is -1.77. The number of benzene rings is 1. The molecule has 1 aromatic heterocycles. The van der Waals surface area contributed by atoms with E-state index in [2.05, 4.69) is 24.1 Å². The molecule has 1 heterocycles. The van der Waals surface area contributed by atoms with Crippen molar-refractivity contribution in [3.63, 3.8) is 0 Å². The first-order valence-electron chi connectivity index (χ1n) is 6.42. The smallest absolute Gasteiger partial charge is 0.251 e. The number of aromatic nitrogens is 1. The minimum atomic E-state index is 0.00417. The Morgan fingerprint density at radius 2 is 2.11 bits per heavy atom. The minimum absolute atomic E-state index is 0.00417. The van der Waals surface area contributed by atoms with Crippen LogP contribution in [0.5, 0.6) is 0 Å². The Morgan fingerprint density at radius 1 is 1.39 bits per heavy atom. The molecule has 0 saturated heterocycles. The van der Waals surface area contributed by atoms with Crippen molar-refractivity contribution in [2.45, 2.75) is 40.2 Å². The van der Waals surface area contributed by atoms with Gasteiger partial charge in [0.05, 0.1) is 0 Å². The number of hydrogen-bond acceptors (Lipinski definition) is 1. The molecule has 2 N–H and O–H groups in total. The van der Waals surface area contributed by atoms with Crippen LogP contribution in [0.1, 0.15) is 41.9 Å². The number of aromatic amines is 1. The minimum Gasteiger partial charge on any atom is -0.358 e. The summed E-state index contributed by atoms with van der Waals surface area (Å²) in [6, 6.07) is 6.02. The van der Waals surface area contributed by atoms with Crippen LogP contribution in [-0.4, -0.2) is 16.9 Å². The Morgan fingerprint density at radius 3 is 2.78 bits per heavy atom. The Kier molecular flexibility index (Phi) is 3.41. The summed E-state index contributed by atoms with van der Waals surface area (Å²) in [6.07, 6.45) is 0.941. The maximum atomic E-state index is 12.1. The van der Waals surface area contributed by atoms with Crippen molar-refractivity contribution in [2.24, 2.45) is 0 Å². The molecule has 0 radical (unpaired) electrons. The molecule has 0 saturated carbocycles. The molecule has 3 heteroatoms. The molecule has 0 aliphatic carbocycles. The van der Waals surface area contributed by atoms with E-state index in [0.29, 0.717) is 0 Å². The van der Waals surface area contributed by atoms with Crippen molar-refractivity contribution in [3.8, 4) is 0 Å². The van der Waals surface area contributed by atoms with Crippen molar-refractivity contribution >= 4 is 16.8 Å². The fourth-order valence-electron chi connectivity index (χ4n) is 2.01. The maximum absolute atomic E-state index is 12.1. The molecule has 1 aromatic carbocycles. The highest BCUT2D eigenvalue weighted by molar-refractivity contribution is 5.99. The van der Waals surface area contributed by atoms with Crippen LogP contribution in [-0.2, 0) is 0 Å². The van der Waals surface area contributed by atoms with Crippen LogP contribution in [0.25, 0.3) is 10.9 Å². The molecular formula is C15H20N2O. The topological polar surface area (TPSA) is 44.9 Å². The molecule has 18 heavy (non-hydrogen) atoms. The highest BCUT2D eigenvalue weighted by Crippen LogP contribution is 2.22. The third-order valence-electron chi connectivity index (χ3n) is 3.56. The van der Waals surface area contributed by atoms with Crippen LogP contribution in [0.2, 0.25) is 0 Å². The zero-order valence-corrected chi connectivity index (χ0v) is 11.4. The number of fused-ring (bicyclic) bond motifs is 1. The van der Waals surface area contributed by atoms with Gasteiger partial charge in [0.15, 0.2) is 0 Å². The summed E-state index contributed by atoms with van der Waals surface area (Å²) in [7, 11) is 0. The molecule has 0 aliphatic heterocycles. The number of nitrogens with one attached hydrogen (secondary N) is 2. The molecule has 0 fully saturated rings. The number of amides is 1. The Labute approximate surface area is 108 Å². The molecule has 1 amide bonds. The van der Waals surface area contributed by atoms with Crippen LogP contribution in [0.3, 0.4) is 0 Å². The van der Waals surface area contributed by atoms with E-state index < -0.39 is 0 Å². The van der Waals surface area contributed by atoms with Gasteiger partial charge in [-0.2, -0.15) is 0 Å². The number of carbonyl (C=O) groups excluding carboxylic acids is 1. The van der Waals surface area contributed by atoms with Crippen molar-refractivity contribution in [1.82, 2.24) is 10.3 Å². The summed E-state index contributed by atoms with van der Waals surface area (Å²) < 4.78 is 0. The van der Waals surface area contributed by atoms with Gasteiger partial charge in [0.25, 0.3) is 5.91 Å². The lowest BCUT2D eigenvalue weighted by Crippen LogP contribution is -2.31. The van der Waals surface area contributed by atoms with Crippen molar-refractivity contribution in [3.05, 3.63) is 35.0 Å². The molecule has 3 nitrogen and oxygen atoms in total. The van der Waals surface area contributed by atoms with Crippen LogP contribution < -0.4 is 5.32 Å². The van der Waals surface area contributed by atoms with Gasteiger partial charge in [-0.1, -0.05) is 6.92 Å². The first-order chi connectivity index (χ1) is 8.52. The second kappa shape index (κ2) is 4.84. The Bertz CT molecular complexity index is 583. The van der Waals surface area contributed by atoms with E-state index in [-0.39, 0.29) is 11.9 Å². The predicted octanol–water partition coefficient (Wildman–Crippen LogP) is 3.31. The average molecular weight is 244 g/mol. The number of H-pyrrole nitrogens is 1. The normalized spacial score (nSPS) is 12.7. The second-order valence-electron chi connectivity index (χ2n) is 4.92. The van der Waals surface area contributed by atoms with E-state index in [1.54, 1.807) is 0 Å². The van der Waals surface area contributed by atoms with Crippen LogP contribution >= 0.6 is 0 Å². The number of rotatable bonds is 3. The molecule has 2 aromatic rings. The fourth-order valence-corrected chi connectivity index (χ4v) is 2.01. The summed E-state index contributed by atoms with van der Waals surface area (Å²) in [6.45, 7) is 8.20. The van der Waals surface area contributed by atoms with Gasteiger partial charge in [-0.05, 0) is 51.0 Å². The monoisotopic (exact) mass is 244 g/mol. The highest BCUT2D eigenvalue weighted by atomic mass is 16.1. The Balaban J connectivity index is 2.35. The number of carbonyl (C=O) groups is 1. The van der Waals surface area contributed by atoms with E-state index in [1.807, 2.05) is 32.0 Å². The zero-order chi connectivity index (χ0) is 13.3. The fraction of sp³-hybridized carbons (Fsp3) is 0.400. The summed E-state index contributed by atoms with van der Waals surface area (Å²) >= 11 is 0. The summed E-state index contributed by atoms with van der Waals surface area (Å²) in [4.78, 5) is 15.4. The van der Waals surface area contributed by atoms with E-state index in [1.165, 1.54) is 5.56 Å². The van der Waals surface area contributed by atoms with E-state index >= 15 is 0 Å². The number of aryl methyl sites for hydroxylation is 2. The zero-order valence-electron chi connectivity index (χ0n) is 11.4. The van der Waals surface area contributed by atoms with Gasteiger partial charge in [-0.3, -0.25) is 4.79 Å². The lowest BCUT2D eigenvalue weighted by Gasteiger charge is -2.11. The summed E-state index contributed by atoms with van der Waals surface area (Å²) in [5, 5.41) is 4.12. The van der Waals surface area contributed by atoms with Gasteiger partial charge in [0.1, 0.15) is 0 Å². The van der Waals surface area contributed by atoms with Crippen LogP contribution in [0.4, 0.5) is 0 Å². The standard InChI is InChI=1S/C15H20N2O/c1-5-9(2)16-15(18)12-6-7-14-13(8-12)10(3)11(4)17-14/h6-9,17H,5H2,1-4H3,(H,16,18)/t9-/m0/s1. The molecule has 0 unspecified atom stereocenters. The maximum Gasteiger partial charge on any atom is 0.251 e. The van der Waals surface area contributed by atoms with Crippen LogP contribution in [0.15, 0.2) is 18.2 Å². The quantitative estimate of drug-likeness (QED) is 0.854. The van der Waals surface area contributed by atoms with Gasteiger partial charge < -0.3 is 10.3 Å². The van der Waals surface area contributed by atoms with Crippen molar-refractivity contribution in [1.29, 1.82) is 0 Å². The van der Waals surface area contributed by atoms with E-state index in [4.69, 9.17) is 0 Å². The third kappa shape index (κ3) is 2.26. The van der Waals surface area contributed by atoms with Crippen LogP contribution in [0, 0.1) is 13.8 Å².